The van der Waals surface area contributed by atoms with Crippen molar-refractivity contribution in [3.8, 4) is 0 Å². The molecular formula is C16H19ClN2S. The fourth-order valence-electron chi connectivity index (χ4n) is 2.83. The van der Waals surface area contributed by atoms with Crippen molar-refractivity contribution in [1.29, 1.82) is 0 Å². The highest BCUT2D eigenvalue weighted by Crippen LogP contribution is 2.31. The van der Waals surface area contributed by atoms with Gasteiger partial charge in [0.05, 0.1) is 0 Å². The molecule has 1 aliphatic heterocycles. The number of hydrogen-bond acceptors (Lipinski definition) is 3. The van der Waals surface area contributed by atoms with E-state index in [0.29, 0.717) is 0 Å². The number of fused-ring (bicyclic) bond motifs is 1. The fraction of sp³-hybridized carbons (Fsp3) is 0.375. The van der Waals surface area contributed by atoms with E-state index in [2.05, 4.69) is 28.5 Å². The summed E-state index contributed by atoms with van der Waals surface area (Å²) in [5.74, 6) is 0. The van der Waals surface area contributed by atoms with Crippen LogP contribution in [0, 0.1) is 0 Å². The predicted molar refractivity (Wildman–Crippen MR) is 87.9 cm³/mol. The first-order valence-corrected chi connectivity index (χ1v) is 8.23. The summed E-state index contributed by atoms with van der Waals surface area (Å²) in [5, 5.41) is 2.98. The molecule has 0 fully saturated rings. The van der Waals surface area contributed by atoms with E-state index in [0.717, 1.165) is 31.0 Å². The highest BCUT2D eigenvalue weighted by molar-refractivity contribution is 7.10. The molecule has 2 heterocycles. The Hall–Kier alpha value is -1.03. The lowest BCUT2D eigenvalue weighted by atomic mass is 10.0. The van der Waals surface area contributed by atoms with E-state index in [9.17, 15) is 0 Å². The Morgan fingerprint density at radius 3 is 3.05 bits per heavy atom. The number of halogens is 1. The monoisotopic (exact) mass is 306 g/mol. The zero-order valence-electron chi connectivity index (χ0n) is 11.6. The number of thiophene rings is 1. The van der Waals surface area contributed by atoms with Crippen LogP contribution in [0.1, 0.15) is 22.9 Å². The van der Waals surface area contributed by atoms with Crippen LogP contribution in [0.25, 0.3) is 0 Å². The van der Waals surface area contributed by atoms with E-state index in [4.69, 9.17) is 17.3 Å². The second-order valence-electron chi connectivity index (χ2n) is 5.50. The number of anilines is 1. The van der Waals surface area contributed by atoms with E-state index in [-0.39, 0.29) is 6.04 Å². The molecule has 1 aliphatic rings. The molecule has 4 heteroatoms. The molecule has 0 saturated carbocycles. The van der Waals surface area contributed by atoms with Gasteiger partial charge in [-0.1, -0.05) is 11.6 Å². The van der Waals surface area contributed by atoms with Crippen LogP contribution < -0.4 is 10.6 Å². The average Bonchev–Trinajstić information content (AvgIpc) is 2.85. The molecule has 1 atom stereocenters. The van der Waals surface area contributed by atoms with E-state index in [1.807, 2.05) is 24.3 Å². The van der Waals surface area contributed by atoms with Crippen LogP contribution in [-0.2, 0) is 19.4 Å². The van der Waals surface area contributed by atoms with Gasteiger partial charge in [-0.05, 0) is 60.5 Å². The number of nitrogens with two attached hydrogens (primary N) is 1. The summed E-state index contributed by atoms with van der Waals surface area (Å²) in [6, 6.07) is 8.56. The summed E-state index contributed by atoms with van der Waals surface area (Å²) in [4.78, 5) is 3.98. The van der Waals surface area contributed by atoms with Crippen LogP contribution in [0.5, 0.6) is 0 Å². The van der Waals surface area contributed by atoms with Crippen LogP contribution in [0.4, 0.5) is 5.69 Å². The van der Waals surface area contributed by atoms with Crippen molar-refractivity contribution >= 4 is 28.6 Å². The first-order chi connectivity index (χ1) is 9.63. The van der Waals surface area contributed by atoms with Gasteiger partial charge in [0.25, 0.3) is 0 Å². The minimum atomic E-state index is 0.147. The maximum Gasteiger partial charge on any atom is 0.0440 e. The lowest BCUT2D eigenvalue weighted by molar-refractivity contribution is 0.712. The van der Waals surface area contributed by atoms with Gasteiger partial charge in [0.2, 0.25) is 0 Å². The van der Waals surface area contributed by atoms with Crippen LogP contribution in [0.15, 0.2) is 29.6 Å². The molecule has 0 saturated heterocycles. The largest absolute Gasteiger partial charge is 0.367 e. The van der Waals surface area contributed by atoms with Gasteiger partial charge in [-0.25, -0.2) is 0 Å². The highest BCUT2D eigenvalue weighted by atomic mass is 35.5. The van der Waals surface area contributed by atoms with Gasteiger partial charge in [-0.2, -0.15) is 0 Å². The Morgan fingerprint density at radius 1 is 1.40 bits per heavy atom. The molecule has 2 aromatic rings. The predicted octanol–water partition coefficient (Wildman–Crippen LogP) is 3.85. The summed E-state index contributed by atoms with van der Waals surface area (Å²) in [7, 11) is 0. The molecule has 20 heavy (non-hydrogen) atoms. The highest BCUT2D eigenvalue weighted by Gasteiger charge is 2.20. The molecule has 2 N–H and O–H groups in total. The lowest BCUT2D eigenvalue weighted by Crippen LogP contribution is -2.31. The first kappa shape index (κ1) is 13.9. The van der Waals surface area contributed by atoms with Crippen molar-refractivity contribution in [1.82, 2.24) is 0 Å². The number of benzene rings is 1. The standard InChI is InChI=1S/C16H19ClN2S/c1-11(18)8-13-9-14(17)2-3-15(13)19-6-4-16-12(10-19)5-7-20-16/h2-3,5,7,9,11H,4,6,8,10,18H2,1H3. The van der Waals surface area contributed by atoms with E-state index >= 15 is 0 Å². The van der Waals surface area contributed by atoms with Gasteiger partial charge in [0, 0.05) is 34.7 Å². The smallest absolute Gasteiger partial charge is 0.0440 e. The number of rotatable bonds is 3. The van der Waals surface area contributed by atoms with Crippen molar-refractivity contribution in [2.75, 3.05) is 11.4 Å². The summed E-state index contributed by atoms with van der Waals surface area (Å²) < 4.78 is 0. The second-order valence-corrected chi connectivity index (χ2v) is 6.93. The molecule has 3 rings (SSSR count). The zero-order chi connectivity index (χ0) is 14.1. The van der Waals surface area contributed by atoms with Crippen molar-refractivity contribution in [2.24, 2.45) is 5.73 Å². The second kappa shape index (κ2) is 5.76. The Morgan fingerprint density at radius 2 is 2.25 bits per heavy atom. The third-order valence-corrected chi connectivity index (χ3v) is 4.99. The maximum atomic E-state index is 6.15. The van der Waals surface area contributed by atoms with Gasteiger partial charge in [-0.3, -0.25) is 0 Å². The maximum absolute atomic E-state index is 6.15. The SMILES string of the molecule is CC(N)Cc1cc(Cl)ccc1N1CCc2sccc2C1. The van der Waals surface area contributed by atoms with Crippen LogP contribution in [0.3, 0.4) is 0 Å². The summed E-state index contributed by atoms with van der Waals surface area (Å²) in [6.45, 7) is 4.10. The molecule has 1 aromatic carbocycles. The summed E-state index contributed by atoms with van der Waals surface area (Å²) in [6.07, 6.45) is 2.00. The number of hydrogen-bond donors (Lipinski definition) is 1. The molecular weight excluding hydrogens is 288 g/mol. The summed E-state index contributed by atoms with van der Waals surface area (Å²) in [5.41, 5.74) is 9.97. The van der Waals surface area contributed by atoms with E-state index in [1.54, 1.807) is 0 Å². The van der Waals surface area contributed by atoms with Crippen molar-refractivity contribution in [3.63, 3.8) is 0 Å². The van der Waals surface area contributed by atoms with Crippen LogP contribution in [-0.4, -0.2) is 12.6 Å². The Kier molecular flexibility index (Phi) is 4.01. The molecule has 106 valence electrons. The Bertz CT molecular complexity index is 606. The number of nitrogens with zero attached hydrogens (tertiary/aromatic N) is 1. The zero-order valence-corrected chi connectivity index (χ0v) is 13.2. The average molecular weight is 307 g/mol. The third-order valence-electron chi connectivity index (χ3n) is 3.73. The van der Waals surface area contributed by atoms with Gasteiger partial charge in [0.15, 0.2) is 0 Å². The minimum Gasteiger partial charge on any atom is -0.367 e. The molecule has 0 bridgehead atoms. The fourth-order valence-corrected chi connectivity index (χ4v) is 3.91. The van der Waals surface area contributed by atoms with Gasteiger partial charge < -0.3 is 10.6 Å². The third kappa shape index (κ3) is 2.85. The van der Waals surface area contributed by atoms with Gasteiger partial charge in [-0.15, -0.1) is 11.3 Å². The topological polar surface area (TPSA) is 29.3 Å². The quantitative estimate of drug-likeness (QED) is 0.933. The molecule has 1 unspecified atom stereocenters. The molecule has 0 radical (unpaired) electrons. The van der Waals surface area contributed by atoms with Crippen molar-refractivity contribution in [3.05, 3.63) is 50.7 Å². The van der Waals surface area contributed by atoms with Crippen molar-refractivity contribution < 1.29 is 0 Å². The normalized spacial score (nSPS) is 16.1. The van der Waals surface area contributed by atoms with Crippen LogP contribution in [0.2, 0.25) is 5.02 Å². The van der Waals surface area contributed by atoms with Gasteiger partial charge >= 0.3 is 0 Å². The molecule has 0 spiro atoms. The lowest BCUT2D eigenvalue weighted by Gasteiger charge is -2.31. The van der Waals surface area contributed by atoms with Crippen LogP contribution >= 0.6 is 22.9 Å². The Labute approximate surface area is 129 Å². The Balaban J connectivity index is 1.90. The molecule has 0 amide bonds. The first-order valence-electron chi connectivity index (χ1n) is 6.97. The molecule has 1 aromatic heterocycles. The molecule has 2 nitrogen and oxygen atoms in total. The van der Waals surface area contributed by atoms with Crippen molar-refractivity contribution in [2.45, 2.75) is 32.4 Å². The molecule has 0 aliphatic carbocycles. The summed E-state index contributed by atoms with van der Waals surface area (Å²) >= 11 is 8.02. The van der Waals surface area contributed by atoms with Gasteiger partial charge in [0.1, 0.15) is 0 Å². The van der Waals surface area contributed by atoms with E-state index < -0.39 is 0 Å². The minimum absolute atomic E-state index is 0.147. The van der Waals surface area contributed by atoms with E-state index in [1.165, 1.54) is 21.7 Å².